The van der Waals surface area contributed by atoms with Crippen molar-refractivity contribution in [2.45, 2.75) is 37.6 Å². The molecule has 0 saturated heterocycles. The minimum absolute atomic E-state index is 0.185. The molecular weight excluding hydrogens is 252 g/mol. The number of hydrogen-bond donors (Lipinski definition) is 3. The lowest BCUT2D eigenvalue weighted by atomic mass is 10.0. The molecule has 0 fully saturated rings. The largest absolute Gasteiger partial charge is 0.399 e. The molecule has 1 unspecified atom stereocenters. The minimum atomic E-state index is -3.66. The molecule has 6 heteroatoms. The summed E-state index contributed by atoms with van der Waals surface area (Å²) in [6.07, 6.45) is 0.497. The van der Waals surface area contributed by atoms with Gasteiger partial charge in [-0.2, -0.15) is 0 Å². The highest BCUT2D eigenvalue weighted by molar-refractivity contribution is 7.89. The summed E-state index contributed by atoms with van der Waals surface area (Å²) in [5.41, 5.74) is 5.84. The number of anilines is 1. The van der Waals surface area contributed by atoms with Crippen LogP contribution < -0.4 is 10.5 Å². The first kappa shape index (κ1) is 14.9. The van der Waals surface area contributed by atoms with Crippen LogP contribution in [0.1, 0.15) is 25.8 Å². The van der Waals surface area contributed by atoms with E-state index in [-0.39, 0.29) is 11.5 Å². The zero-order valence-electron chi connectivity index (χ0n) is 10.9. The number of aryl methyl sites for hydroxylation is 1. The summed E-state index contributed by atoms with van der Waals surface area (Å²) in [5, 5.41) is 9.26. The average molecular weight is 272 g/mol. The summed E-state index contributed by atoms with van der Waals surface area (Å²) in [6.45, 7) is 4.91. The Hall–Kier alpha value is -1.11. The summed E-state index contributed by atoms with van der Waals surface area (Å²) in [7, 11) is -3.66. The lowest BCUT2D eigenvalue weighted by molar-refractivity contribution is 0.191. The van der Waals surface area contributed by atoms with Crippen LogP contribution in [-0.4, -0.2) is 25.7 Å². The first-order valence-electron chi connectivity index (χ1n) is 5.75. The van der Waals surface area contributed by atoms with Gasteiger partial charge in [0.05, 0.1) is 17.0 Å². The van der Waals surface area contributed by atoms with Crippen molar-refractivity contribution in [2.24, 2.45) is 0 Å². The van der Waals surface area contributed by atoms with Crippen molar-refractivity contribution in [3.05, 3.63) is 23.8 Å². The highest BCUT2D eigenvalue weighted by Gasteiger charge is 2.29. The number of sulfonamides is 1. The predicted molar refractivity (Wildman–Crippen MR) is 71.7 cm³/mol. The van der Waals surface area contributed by atoms with Crippen molar-refractivity contribution in [3.8, 4) is 0 Å². The molecule has 0 radical (unpaired) electrons. The predicted octanol–water partition coefficient (Wildman–Crippen LogP) is 1.02. The van der Waals surface area contributed by atoms with Crippen LogP contribution in [0.2, 0.25) is 0 Å². The van der Waals surface area contributed by atoms with Gasteiger partial charge in [-0.1, -0.05) is 6.92 Å². The molecule has 1 atom stereocenters. The van der Waals surface area contributed by atoms with Crippen LogP contribution in [0, 0.1) is 6.92 Å². The Morgan fingerprint density at radius 1 is 1.44 bits per heavy atom. The summed E-state index contributed by atoms with van der Waals surface area (Å²) in [6, 6.07) is 4.63. The van der Waals surface area contributed by atoms with Crippen LogP contribution in [0.15, 0.2) is 23.1 Å². The molecule has 4 N–H and O–H groups in total. The van der Waals surface area contributed by atoms with E-state index in [0.29, 0.717) is 17.7 Å². The van der Waals surface area contributed by atoms with Crippen molar-refractivity contribution in [1.82, 2.24) is 4.72 Å². The van der Waals surface area contributed by atoms with Crippen LogP contribution >= 0.6 is 0 Å². The van der Waals surface area contributed by atoms with Gasteiger partial charge in [-0.15, -0.1) is 0 Å². The van der Waals surface area contributed by atoms with Crippen LogP contribution in [-0.2, 0) is 10.0 Å². The fourth-order valence-electron chi connectivity index (χ4n) is 1.57. The van der Waals surface area contributed by atoms with Gasteiger partial charge in [0.2, 0.25) is 10.0 Å². The average Bonchev–Trinajstić information content (AvgIpc) is 2.27. The molecular formula is C12H20N2O3S. The number of rotatable bonds is 5. The van der Waals surface area contributed by atoms with Gasteiger partial charge < -0.3 is 10.8 Å². The van der Waals surface area contributed by atoms with Crippen molar-refractivity contribution in [3.63, 3.8) is 0 Å². The monoisotopic (exact) mass is 272 g/mol. The van der Waals surface area contributed by atoms with Gasteiger partial charge in [0.15, 0.2) is 0 Å². The lowest BCUT2D eigenvalue weighted by Gasteiger charge is -2.27. The Kier molecular flexibility index (Phi) is 4.37. The minimum Gasteiger partial charge on any atom is -0.399 e. The molecule has 0 aliphatic carbocycles. The van der Waals surface area contributed by atoms with Gasteiger partial charge in [-0.3, -0.25) is 0 Å². The van der Waals surface area contributed by atoms with Crippen LogP contribution in [0.3, 0.4) is 0 Å². The second-order valence-corrected chi connectivity index (χ2v) is 6.35. The number of benzene rings is 1. The maximum atomic E-state index is 12.2. The van der Waals surface area contributed by atoms with Crippen molar-refractivity contribution in [1.29, 1.82) is 0 Å². The first-order valence-corrected chi connectivity index (χ1v) is 7.23. The number of nitrogens with two attached hydrogens (primary N) is 1. The highest BCUT2D eigenvalue weighted by Crippen LogP contribution is 2.20. The van der Waals surface area contributed by atoms with Gasteiger partial charge in [-0.05, 0) is 44.0 Å². The van der Waals surface area contributed by atoms with Crippen molar-refractivity contribution >= 4 is 15.7 Å². The molecule has 5 nitrogen and oxygen atoms in total. The van der Waals surface area contributed by atoms with E-state index < -0.39 is 15.6 Å². The summed E-state index contributed by atoms with van der Waals surface area (Å²) < 4.78 is 27.0. The molecule has 0 spiro atoms. The fourth-order valence-corrected chi connectivity index (χ4v) is 3.27. The van der Waals surface area contributed by atoms with Gasteiger partial charge in [0.25, 0.3) is 0 Å². The number of nitrogens with one attached hydrogen (secondary N) is 1. The van der Waals surface area contributed by atoms with Crippen LogP contribution in [0.25, 0.3) is 0 Å². The van der Waals surface area contributed by atoms with E-state index >= 15 is 0 Å². The normalized spacial score (nSPS) is 15.3. The number of aliphatic hydroxyl groups is 1. The molecule has 0 amide bonds. The molecule has 0 aromatic heterocycles. The number of aliphatic hydroxyl groups excluding tert-OH is 1. The van der Waals surface area contributed by atoms with Gasteiger partial charge in [-0.25, -0.2) is 13.1 Å². The van der Waals surface area contributed by atoms with Gasteiger partial charge >= 0.3 is 0 Å². The van der Waals surface area contributed by atoms with Crippen LogP contribution in [0.4, 0.5) is 5.69 Å². The van der Waals surface area contributed by atoms with Crippen molar-refractivity contribution < 1.29 is 13.5 Å². The zero-order valence-corrected chi connectivity index (χ0v) is 11.7. The maximum absolute atomic E-state index is 12.2. The highest BCUT2D eigenvalue weighted by atomic mass is 32.2. The van der Waals surface area contributed by atoms with E-state index in [0.717, 1.165) is 0 Å². The summed E-state index contributed by atoms with van der Waals surface area (Å²) >= 11 is 0. The van der Waals surface area contributed by atoms with E-state index in [1.165, 1.54) is 6.07 Å². The number of nitrogen functional groups attached to an aromatic ring is 1. The standard InChI is InChI=1S/C12H20N2O3S/c1-4-12(3,8-15)14-18(16,17)11-6-5-10(13)7-9(11)2/h5-7,14-15H,4,8,13H2,1-3H3. The Morgan fingerprint density at radius 2 is 2.06 bits per heavy atom. The smallest absolute Gasteiger partial charge is 0.241 e. The molecule has 102 valence electrons. The summed E-state index contributed by atoms with van der Waals surface area (Å²) in [5.74, 6) is 0. The lowest BCUT2D eigenvalue weighted by Crippen LogP contribution is -2.48. The maximum Gasteiger partial charge on any atom is 0.241 e. The topological polar surface area (TPSA) is 92.4 Å². The van der Waals surface area contributed by atoms with Crippen LogP contribution in [0.5, 0.6) is 0 Å². The van der Waals surface area contributed by atoms with Gasteiger partial charge in [0, 0.05) is 5.69 Å². The fraction of sp³-hybridized carbons (Fsp3) is 0.500. The Morgan fingerprint density at radius 3 is 2.50 bits per heavy atom. The van der Waals surface area contributed by atoms with E-state index in [1.54, 1.807) is 26.0 Å². The molecule has 0 bridgehead atoms. The second-order valence-electron chi connectivity index (χ2n) is 4.70. The molecule has 18 heavy (non-hydrogen) atoms. The quantitative estimate of drug-likeness (QED) is 0.698. The molecule has 1 rings (SSSR count). The molecule has 0 aliphatic heterocycles. The third-order valence-corrected chi connectivity index (χ3v) is 4.80. The van der Waals surface area contributed by atoms with E-state index in [1.807, 2.05) is 6.92 Å². The SMILES string of the molecule is CCC(C)(CO)NS(=O)(=O)c1ccc(N)cc1C. The molecule has 0 aliphatic rings. The Balaban J connectivity index is 3.15. The van der Waals surface area contributed by atoms with Crippen molar-refractivity contribution in [2.75, 3.05) is 12.3 Å². The number of hydrogen-bond acceptors (Lipinski definition) is 4. The second kappa shape index (κ2) is 5.26. The third kappa shape index (κ3) is 3.22. The summed E-state index contributed by atoms with van der Waals surface area (Å²) in [4.78, 5) is 0.185. The third-order valence-electron chi connectivity index (χ3n) is 3.00. The molecule has 0 heterocycles. The molecule has 0 saturated carbocycles. The zero-order chi connectivity index (χ0) is 14.0. The van der Waals surface area contributed by atoms with E-state index in [9.17, 15) is 13.5 Å². The molecule has 1 aromatic rings. The molecule has 1 aromatic carbocycles. The first-order chi connectivity index (χ1) is 8.24. The van der Waals surface area contributed by atoms with E-state index in [2.05, 4.69) is 4.72 Å². The Labute approximate surface area is 108 Å². The Bertz CT molecular complexity index is 522. The van der Waals surface area contributed by atoms with E-state index in [4.69, 9.17) is 5.73 Å². The van der Waals surface area contributed by atoms with Gasteiger partial charge in [0.1, 0.15) is 0 Å².